The fourth-order valence-electron chi connectivity index (χ4n) is 1.36. The molecule has 14 heavy (non-hydrogen) atoms. The van der Waals surface area contributed by atoms with E-state index in [1.165, 1.54) is 0 Å². The Morgan fingerprint density at radius 1 is 1.00 bits per heavy atom. The van der Waals surface area contributed by atoms with Gasteiger partial charge in [-0.15, -0.1) is 0 Å². The lowest BCUT2D eigenvalue weighted by atomic mass is 10.1. The second-order valence-electron chi connectivity index (χ2n) is 3.14. The van der Waals surface area contributed by atoms with Gasteiger partial charge in [-0.05, 0) is 12.1 Å². The highest BCUT2D eigenvalue weighted by atomic mass is 16.1. The summed E-state index contributed by atoms with van der Waals surface area (Å²) in [6, 6.07) is 13.2. The van der Waals surface area contributed by atoms with E-state index in [-0.39, 0.29) is 5.78 Å². The van der Waals surface area contributed by atoms with Crippen LogP contribution in [0.3, 0.4) is 0 Å². The third-order valence-electron chi connectivity index (χ3n) is 2.09. The third-order valence-corrected chi connectivity index (χ3v) is 2.09. The van der Waals surface area contributed by atoms with E-state index in [1.807, 2.05) is 59.4 Å². The van der Waals surface area contributed by atoms with Crippen LogP contribution in [0.1, 0.15) is 10.4 Å². The van der Waals surface area contributed by atoms with Gasteiger partial charge in [0.1, 0.15) is 0 Å². The van der Waals surface area contributed by atoms with E-state index in [1.54, 1.807) is 0 Å². The summed E-state index contributed by atoms with van der Waals surface area (Å²) in [7, 11) is 0. The van der Waals surface area contributed by atoms with E-state index in [2.05, 4.69) is 0 Å². The first-order valence-electron chi connectivity index (χ1n) is 4.55. The van der Waals surface area contributed by atoms with Gasteiger partial charge in [0.15, 0.2) is 5.78 Å². The largest absolute Gasteiger partial charge is 0.347 e. The molecular formula is C12H11NO. The van der Waals surface area contributed by atoms with Gasteiger partial charge in [0.05, 0.1) is 6.54 Å². The van der Waals surface area contributed by atoms with Crippen LogP contribution >= 0.6 is 0 Å². The van der Waals surface area contributed by atoms with Crippen molar-refractivity contribution in [2.75, 3.05) is 0 Å². The van der Waals surface area contributed by atoms with E-state index in [9.17, 15) is 4.79 Å². The van der Waals surface area contributed by atoms with E-state index in [0.29, 0.717) is 6.54 Å². The summed E-state index contributed by atoms with van der Waals surface area (Å²) >= 11 is 0. The van der Waals surface area contributed by atoms with Crippen LogP contribution in [0.4, 0.5) is 0 Å². The quantitative estimate of drug-likeness (QED) is 0.673. The van der Waals surface area contributed by atoms with Crippen molar-refractivity contribution in [2.45, 2.75) is 6.54 Å². The molecule has 2 nitrogen and oxygen atoms in total. The van der Waals surface area contributed by atoms with Crippen molar-refractivity contribution in [3.8, 4) is 0 Å². The molecule has 2 heteroatoms. The van der Waals surface area contributed by atoms with Gasteiger partial charge in [-0.3, -0.25) is 4.79 Å². The summed E-state index contributed by atoms with van der Waals surface area (Å²) in [5, 5.41) is 0. The molecule has 0 fully saturated rings. The minimum atomic E-state index is 0.141. The van der Waals surface area contributed by atoms with Crippen LogP contribution in [0.15, 0.2) is 54.9 Å². The van der Waals surface area contributed by atoms with Gasteiger partial charge < -0.3 is 4.57 Å². The second-order valence-corrected chi connectivity index (χ2v) is 3.14. The number of nitrogens with zero attached hydrogens (tertiary/aromatic N) is 1. The molecule has 0 aliphatic carbocycles. The Morgan fingerprint density at radius 2 is 1.64 bits per heavy atom. The van der Waals surface area contributed by atoms with Crippen molar-refractivity contribution >= 4 is 5.78 Å². The van der Waals surface area contributed by atoms with Gasteiger partial charge in [0, 0.05) is 18.0 Å². The molecule has 70 valence electrons. The SMILES string of the molecule is O=C(Cn1cccc1)c1ccccc1. The van der Waals surface area contributed by atoms with Crippen LogP contribution in [-0.4, -0.2) is 10.4 Å². The molecule has 1 aromatic carbocycles. The van der Waals surface area contributed by atoms with Gasteiger partial charge in [0.2, 0.25) is 0 Å². The van der Waals surface area contributed by atoms with Crippen LogP contribution < -0.4 is 0 Å². The smallest absolute Gasteiger partial charge is 0.182 e. The molecule has 2 rings (SSSR count). The number of ketones is 1. The number of hydrogen-bond acceptors (Lipinski definition) is 1. The van der Waals surface area contributed by atoms with Gasteiger partial charge in [-0.2, -0.15) is 0 Å². The fraction of sp³-hybridized carbons (Fsp3) is 0.0833. The van der Waals surface area contributed by atoms with Crippen molar-refractivity contribution in [1.29, 1.82) is 0 Å². The lowest BCUT2D eigenvalue weighted by Crippen LogP contribution is -2.08. The van der Waals surface area contributed by atoms with Gasteiger partial charge >= 0.3 is 0 Å². The molecule has 0 spiro atoms. The third kappa shape index (κ3) is 1.91. The van der Waals surface area contributed by atoms with Gasteiger partial charge in [-0.1, -0.05) is 30.3 Å². The lowest BCUT2D eigenvalue weighted by Gasteiger charge is -2.01. The number of carbonyl (C=O) groups excluding carboxylic acids is 1. The zero-order chi connectivity index (χ0) is 9.80. The Hall–Kier alpha value is -1.83. The fourth-order valence-corrected chi connectivity index (χ4v) is 1.36. The molecule has 0 atom stereocenters. The average molecular weight is 185 g/mol. The Bertz CT molecular complexity index is 403. The highest BCUT2D eigenvalue weighted by Gasteiger charge is 2.04. The molecule has 2 aromatic rings. The Morgan fingerprint density at radius 3 is 2.29 bits per heavy atom. The number of Topliss-reactive ketones (excluding diaryl/α,β-unsaturated/α-hetero) is 1. The number of carbonyl (C=O) groups is 1. The van der Waals surface area contributed by atoms with Crippen molar-refractivity contribution in [1.82, 2.24) is 4.57 Å². The molecule has 0 bridgehead atoms. The molecular weight excluding hydrogens is 174 g/mol. The normalized spacial score (nSPS) is 10.0. The molecule has 1 heterocycles. The molecule has 0 radical (unpaired) electrons. The number of benzene rings is 1. The standard InChI is InChI=1S/C12H11NO/c14-12(10-13-8-4-5-9-13)11-6-2-1-3-7-11/h1-9H,10H2. The van der Waals surface area contributed by atoms with Crippen molar-refractivity contribution in [3.63, 3.8) is 0 Å². The summed E-state index contributed by atoms with van der Waals surface area (Å²) in [6.45, 7) is 0.414. The van der Waals surface area contributed by atoms with E-state index >= 15 is 0 Å². The van der Waals surface area contributed by atoms with Gasteiger partial charge in [0.25, 0.3) is 0 Å². The maximum Gasteiger partial charge on any atom is 0.182 e. The van der Waals surface area contributed by atoms with E-state index < -0.39 is 0 Å². The lowest BCUT2D eigenvalue weighted by molar-refractivity contribution is 0.0972. The summed E-state index contributed by atoms with van der Waals surface area (Å²) in [5.41, 5.74) is 0.765. The summed E-state index contributed by atoms with van der Waals surface area (Å²) < 4.78 is 1.87. The number of rotatable bonds is 3. The molecule has 0 saturated heterocycles. The topological polar surface area (TPSA) is 22.0 Å². The van der Waals surface area contributed by atoms with Crippen molar-refractivity contribution in [3.05, 3.63) is 60.4 Å². The van der Waals surface area contributed by atoms with Gasteiger partial charge in [-0.25, -0.2) is 0 Å². The van der Waals surface area contributed by atoms with Crippen molar-refractivity contribution in [2.24, 2.45) is 0 Å². The molecule has 0 aliphatic rings. The predicted octanol–water partition coefficient (Wildman–Crippen LogP) is 2.37. The summed E-state index contributed by atoms with van der Waals surface area (Å²) in [5.74, 6) is 0.141. The molecule has 0 saturated carbocycles. The molecule has 0 N–H and O–H groups in total. The van der Waals surface area contributed by atoms with Crippen LogP contribution in [0.2, 0.25) is 0 Å². The minimum Gasteiger partial charge on any atom is -0.347 e. The van der Waals surface area contributed by atoms with Crippen LogP contribution in [-0.2, 0) is 6.54 Å². The average Bonchev–Trinajstić information content (AvgIpc) is 2.72. The molecule has 0 unspecified atom stereocenters. The number of aromatic nitrogens is 1. The van der Waals surface area contributed by atoms with E-state index in [0.717, 1.165) is 5.56 Å². The molecule has 1 aromatic heterocycles. The van der Waals surface area contributed by atoms with Crippen LogP contribution in [0, 0.1) is 0 Å². The van der Waals surface area contributed by atoms with Crippen LogP contribution in [0.25, 0.3) is 0 Å². The highest BCUT2D eigenvalue weighted by molar-refractivity contribution is 5.95. The first kappa shape index (κ1) is 8.75. The molecule has 0 aliphatic heterocycles. The molecule has 0 amide bonds. The number of hydrogen-bond donors (Lipinski definition) is 0. The van der Waals surface area contributed by atoms with Crippen molar-refractivity contribution < 1.29 is 4.79 Å². The Balaban J connectivity index is 2.11. The van der Waals surface area contributed by atoms with Crippen LogP contribution in [0.5, 0.6) is 0 Å². The Kier molecular flexibility index (Phi) is 2.45. The maximum atomic E-state index is 11.7. The Labute approximate surface area is 82.8 Å². The summed E-state index contributed by atoms with van der Waals surface area (Å²) in [4.78, 5) is 11.7. The van der Waals surface area contributed by atoms with E-state index in [4.69, 9.17) is 0 Å². The minimum absolute atomic E-state index is 0.141. The first-order valence-corrected chi connectivity index (χ1v) is 4.55. The first-order chi connectivity index (χ1) is 6.86. The second kappa shape index (κ2) is 3.92. The maximum absolute atomic E-state index is 11.7. The zero-order valence-electron chi connectivity index (χ0n) is 7.76. The highest BCUT2D eigenvalue weighted by Crippen LogP contribution is 2.02. The monoisotopic (exact) mass is 185 g/mol. The zero-order valence-corrected chi connectivity index (χ0v) is 7.76. The summed E-state index contributed by atoms with van der Waals surface area (Å²) in [6.07, 6.45) is 3.78. The predicted molar refractivity (Wildman–Crippen MR) is 55.2 cm³/mol.